The maximum atomic E-state index is 13.9. The highest BCUT2D eigenvalue weighted by Gasteiger charge is 2.38. The molecule has 1 saturated heterocycles. The van der Waals surface area contributed by atoms with Gasteiger partial charge in [0.15, 0.2) is 11.6 Å². The lowest BCUT2D eigenvalue weighted by Crippen LogP contribution is -2.36. The van der Waals surface area contributed by atoms with Gasteiger partial charge in [-0.1, -0.05) is 24.3 Å². The molecule has 1 N–H and O–H groups in total. The number of hydrogen-bond acceptors (Lipinski definition) is 5. The molecule has 3 aliphatic heterocycles. The first kappa shape index (κ1) is 24.2. The lowest BCUT2D eigenvalue weighted by Gasteiger charge is -2.30. The Balaban J connectivity index is 1.36. The number of benzene rings is 2. The number of carbonyl (C=O) groups excluding carboxylic acids is 2. The van der Waals surface area contributed by atoms with Crippen molar-refractivity contribution in [2.24, 2.45) is 5.92 Å². The summed E-state index contributed by atoms with van der Waals surface area (Å²) < 4.78 is 38.6. The number of piperidine rings is 1. The van der Waals surface area contributed by atoms with E-state index >= 15 is 0 Å². The van der Waals surface area contributed by atoms with Crippen molar-refractivity contribution < 1.29 is 27.8 Å². The van der Waals surface area contributed by atoms with Gasteiger partial charge in [0, 0.05) is 23.7 Å². The van der Waals surface area contributed by atoms with E-state index in [1.807, 2.05) is 26.0 Å². The molecule has 0 atom stereocenters. The molecule has 5 rings (SSSR count). The minimum Gasteiger partial charge on any atom is -0.482 e. The molecule has 36 heavy (non-hydrogen) atoms. The lowest BCUT2D eigenvalue weighted by atomic mass is 9.91. The van der Waals surface area contributed by atoms with E-state index in [2.05, 4.69) is 22.3 Å². The molecule has 0 bridgehead atoms. The number of likely N-dealkylation sites (tertiary alicyclic amines) is 1. The molecular weight excluding hydrogens is 466 g/mol. The van der Waals surface area contributed by atoms with Crippen molar-refractivity contribution in [1.29, 1.82) is 0 Å². The summed E-state index contributed by atoms with van der Waals surface area (Å²) in [6, 6.07) is 10.2. The number of ether oxygens (including phenoxy) is 2. The van der Waals surface area contributed by atoms with E-state index in [-0.39, 0.29) is 28.7 Å². The topological polar surface area (TPSA) is 67.9 Å². The second-order valence-electron chi connectivity index (χ2n) is 9.95. The fourth-order valence-corrected chi connectivity index (χ4v) is 5.17. The van der Waals surface area contributed by atoms with Gasteiger partial charge in [0.05, 0.1) is 24.3 Å². The summed E-state index contributed by atoms with van der Waals surface area (Å²) in [4.78, 5) is 26.7. The van der Waals surface area contributed by atoms with Crippen LogP contribution in [0.2, 0.25) is 0 Å². The van der Waals surface area contributed by atoms with Gasteiger partial charge < -0.3 is 14.8 Å². The number of carbonyl (C=O) groups is 2. The Labute approximate surface area is 208 Å². The minimum atomic E-state index is -1.02. The van der Waals surface area contributed by atoms with Crippen molar-refractivity contribution in [3.8, 4) is 0 Å². The standard InChI is InChI=1S/C28H28F2N2O4/c1-28(2)20(13-24(36-28)25-19-12-21(29)22(30)14-23(19)31-26(25)33)17-6-4-16(5-7-17)15-32-10-8-18(9-11-32)27(34)35-3/h4-7,12-14,18H,8-11,15H2,1-3H3,(H,31,33)/b25-24-. The number of methoxy groups -OCH3 is 1. The van der Waals surface area contributed by atoms with Gasteiger partial charge in [0.2, 0.25) is 0 Å². The Morgan fingerprint density at radius 2 is 1.81 bits per heavy atom. The first-order valence-electron chi connectivity index (χ1n) is 12.0. The number of halogens is 2. The number of allylic oxidation sites excluding steroid dienone is 1. The smallest absolute Gasteiger partial charge is 0.308 e. The van der Waals surface area contributed by atoms with Crippen LogP contribution in [-0.2, 0) is 25.6 Å². The van der Waals surface area contributed by atoms with Gasteiger partial charge >= 0.3 is 5.97 Å². The number of hydrogen-bond donors (Lipinski definition) is 1. The summed E-state index contributed by atoms with van der Waals surface area (Å²) in [5.74, 6) is -2.30. The Hall–Kier alpha value is -3.52. The lowest BCUT2D eigenvalue weighted by molar-refractivity contribution is -0.147. The van der Waals surface area contributed by atoms with Gasteiger partial charge in [-0.2, -0.15) is 0 Å². The van der Waals surface area contributed by atoms with Crippen LogP contribution in [0.3, 0.4) is 0 Å². The van der Waals surface area contributed by atoms with Crippen LogP contribution in [0.15, 0.2) is 48.2 Å². The Kier molecular flexibility index (Phi) is 6.16. The second kappa shape index (κ2) is 9.17. The van der Waals surface area contributed by atoms with Crippen molar-refractivity contribution in [3.63, 3.8) is 0 Å². The van der Waals surface area contributed by atoms with Crippen LogP contribution >= 0.6 is 0 Å². The predicted octanol–water partition coefficient (Wildman–Crippen LogP) is 4.91. The SMILES string of the molecule is COC(=O)C1CCN(Cc2ccc(C3=C/C(=C4/C(=O)Nc5cc(F)c(F)cc54)OC3(C)C)cc2)CC1. The van der Waals surface area contributed by atoms with Gasteiger partial charge in [-0.25, -0.2) is 8.78 Å². The summed E-state index contributed by atoms with van der Waals surface area (Å²) in [5, 5.41) is 2.59. The zero-order valence-corrected chi connectivity index (χ0v) is 20.5. The highest BCUT2D eigenvalue weighted by atomic mass is 19.2. The second-order valence-corrected chi connectivity index (χ2v) is 9.95. The molecule has 6 nitrogen and oxygen atoms in total. The summed E-state index contributed by atoms with van der Waals surface area (Å²) in [5.41, 5.74) is 2.98. The fourth-order valence-electron chi connectivity index (χ4n) is 5.17. The number of fused-ring (bicyclic) bond motifs is 1. The van der Waals surface area contributed by atoms with Crippen LogP contribution < -0.4 is 5.32 Å². The van der Waals surface area contributed by atoms with Gasteiger partial charge in [-0.15, -0.1) is 0 Å². The number of rotatable bonds is 4. The first-order valence-corrected chi connectivity index (χ1v) is 12.0. The van der Waals surface area contributed by atoms with Gasteiger partial charge in [0.1, 0.15) is 11.4 Å². The van der Waals surface area contributed by atoms with Crippen molar-refractivity contribution in [3.05, 3.63) is 76.6 Å². The normalized spacial score (nSPS) is 21.6. The molecule has 2 aromatic rings. The van der Waals surface area contributed by atoms with E-state index in [1.165, 1.54) is 7.11 Å². The number of nitrogens with one attached hydrogen (secondary N) is 1. The van der Waals surface area contributed by atoms with Crippen LogP contribution in [0, 0.1) is 17.6 Å². The van der Waals surface area contributed by atoms with E-state index in [1.54, 1.807) is 6.08 Å². The van der Waals surface area contributed by atoms with Crippen LogP contribution in [0.1, 0.15) is 43.4 Å². The molecule has 0 spiro atoms. The molecule has 188 valence electrons. The van der Waals surface area contributed by atoms with Crippen LogP contribution in [0.25, 0.3) is 11.1 Å². The molecule has 3 heterocycles. The summed E-state index contributed by atoms with van der Waals surface area (Å²) in [6.07, 6.45) is 3.40. The molecule has 3 aliphatic rings. The Bertz CT molecular complexity index is 1290. The maximum Gasteiger partial charge on any atom is 0.308 e. The van der Waals surface area contributed by atoms with E-state index < -0.39 is 23.1 Å². The average molecular weight is 495 g/mol. The van der Waals surface area contributed by atoms with E-state index in [0.29, 0.717) is 5.76 Å². The Morgan fingerprint density at radius 3 is 2.47 bits per heavy atom. The van der Waals surface area contributed by atoms with Gasteiger partial charge in [0.25, 0.3) is 5.91 Å². The summed E-state index contributed by atoms with van der Waals surface area (Å²) >= 11 is 0. The third-order valence-corrected chi connectivity index (χ3v) is 7.13. The van der Waals surface area contributed by atoms with Gasteiger partial charge in [-0.3, -0.25) is 14.5 Å². The van der Waals surface area contributed by atoms with Crippen molar-refractivity contribution in [1.82, 2.24) is 4.90 Å². The maximum absolute atomic E-state index is 13.9. The number of nitrogens with zero attached hydrogens (tertiary/aromatic N) is 1. The third-order valence-electron chi connectivity index (χ3n) is 7.13. The minimum absolute atomic E-state index is 0.0158. The zero-order valence-electron chi connectivity index (χ0n) is 20.5. The highest BCUT2D eigenvalue weighted by molar-refractivity contribution is 6.32. The van der Waals surface area contributed by atoms with E-state index in [9.17, 15) is 18.4 Å². The van der Waals surface area contributed by atoms with E-state index in [0.717, 1.165) is 61.3 Å². The van der Waals surface area contributed by atoms with Crippen LogP contribution in [0.5, 0.6) is 0 Å². The monoisotopic (exact) mass is 494 g/mol. The molecular formula is C28H28F2N2O4. The average Bonchev–Trinajstić information content (AvgIpc) is 3.34. The van der Waals surface area contributed by atoms with E-state index in [4.69, 9.17) is 9.47 Å². The van der Waals surface area contributed by atoms with Crippen molar-refractivity contribution in [2.75, 3.05) is 25.5 Å². The molecule has 1 amide bonds. The van der Waals surface area contributed by atoms with Gasteiger partial charge in [-0.05, 0) is 63.0 Å². The number of anilines is 1. The first-order chi connectivity index (χ1) is 17.2. The zero-order chi connectivity index (χ0) is 25.6. The summed E-state index contributed by atoms with van der Waals surface area (Å²) in [6.45, 7) is 6.30. The number of amides is 1. The molecule has 1 fully saturated rings. The van der Waals surface area contributed by atoms with Crippen molar-refractivity contribution in [2.45, 2.75) is 38.8 Å². The molecule has 0 aliphatic carbocycles. The molecule has 0 saturated carbocycles. The fraction of sp³-hybridized carbons (Fsp3) is 0.357. The van der Waals surface area contributed by atoms with Crippen LogP contribution in [-0.4, -0.2) is 42.6 Å². The molecule has 0 unspecified atom stereocenters. The van der Waals surface area contributed by atoms with Crippen molar-refractivity contribution >= 4 is 28.7 Å². The third kappa shape index (κ3) is 4.41. The highest BCUT2D eigenvalue weighted by Crippen LogP contribution is 2.44. The summed E-state index contributed by atoms with van der Waals surface area (Å²) in [7, 11) is 1.43. The molecule has 2 aromatic carbocycles. The molecule has 8 heteroatoms. The number of esters is 1. The molecule has 0 radical (unpaired) electrons. The quantitative estimate of drug-likeness (QED) is 0.484. The largest absolute Gasteiger partial charge is 0.482 e. The van der Waals surface area contributed by atoms with Crippen LogP contribution in [0.4, 0.5) is 14.5 Å². The molecule has 0 aromatic heterocycles. The Morgan fingerprint density at radius 1 is 1.14 bits per heavy atom. The predicted molar refractivity (Wildman–Crippen MR) is 132 cm³/mol.